The van der Waals surface area contributed by atoms with Crippen molar-refractivity contribution in [3.63, 3.8) is 0 Å². The van der Waals surface area contributed by atoms with Crippen molar-refractivity contribution in [2.75, 3.05) is 24.9 Å². The van der Waals surface area contributed by atoms with Crippen molar-refractivity contribution in [3.05, 3.63) is 82.0 Å². The van der Waals surface area contributed by atoms with E-state index in [4.69, 9.17) is 37.1 Å². The molecule has 0 spiro atoms. The van der Waals surface area contributed by atoms with Crippen LogP contribution < -0.4 is 20.1 Å². The first-order valence-corrected chi connectivity index (χ1v) is 10.5. The van der Waals surface area contributed by atoms with Gasteiger partial charge in [0, 0.05) is 16.5 Å². The Bertz CT molecular complexity index is 1370. The van der Waals surface area contributed by atoms with Gasteiger partial charge in [0.15, 0.2) is 0 Å². The lowest BCUT2D eigenvalue weighted by Gasteiger charge is -2.12. The molecule has 33 heavy (non-hydrogen) atoms. The van der Waals surface area contributed by atoms with Gasteiger partial charge in [0.1, 0.15) is 22.8 Å². The molecule has 0 radical (unpaired) electrons. The number of nitrogens with one attached hydrogen (secondary N) is 2. The van der Waals surface area contributed by atoms with Crippen molar-refractivity contribution in [2.24, 2.45) is 0 Å². The third-order valence-corrected chi connectivity index (χ3v) is 5.43. The van der Waals surface area contributed by atoms with Crippen molar-refractivity contribution in [1.29, 1.82) is 0 Å². The summed E-state index contributed by atoms with van der Waals surface area (Å²) in [6.07, 6.45) is 0. The number of methoxy groups -OCH3 is 2. The van der Waals surface area contributed by atoms with E-state index in [1.54, 1.807) is 48.5 Å². The van der Waals surface area contributed by atoms with E-state index in [2.05, 4.69) is 10.6 Å². The Morgan fingerprint density at radius 1 is 0.879 bits per heavy atom. The van der Waals surface area contributed by atoms with Crippen molar-refractivity contribution >= 4 is 57.4 Å². The van der Waals surface area contributed by atoms with Crippen LogP contribution in [0.25, 0.3) is 11.0 Å². The summed E-state index contributed by atoms with van der Waals surface area (Å²) < 4.78 is 16.3. The van der Waals surface area contributed by atoms with Crippen LogP contribution in [0.3, 0.4) is 0 Å². The van der Waals surface area contributed by atoms with Gasteiger partial charge in [-0.1, -0.05) is 35.3 Å². The number of fused-ring (bicyclic) bond motifs is 1. The third-order valence-electron chi connectivity index (χ3n) is 4.87. The average molecular weight is 485 g/mol. The van der Waals surface area contributed by atoms with Gasteiger partial charge < -0.3 is 24.5 Å². The largest absolute Gasteiger partial charge is 0.497 e. The highest BCUT2D eigenvalue weighted by molar-refractivity contribution is 6.36. The Balaban J connectivity index is 1.73. The van der Waals surface area contributed by atoms with Crippen LogP contribution in [0.15, 0.2) is 65.1 Å². The molecular weight excluding hydrogens is 467 g/mol. The summed E-state index contributed by atoms with van der Waals surface area (Å²) >= 11 is 12.2. The number of carbonyl (C=O) groups excluding carboxylic acids is 2. The maximum absolute atomic E-state index is 13.2. The molecule has 0 bridgehead atoms. The highest BCUT2D eigenvalue weighted by atomic mass is 35.5. The molecule has 0 aliphatic carbocycles. The quantitative estimate of drug-likeness (QED) is 0.337. The molecule has 1 heterocycles. The van der Waals surface area contributed by atoms with E-state index in [1.807, 2.05) is 0 Å². The molecule has 0 aliphatic heterocycles. The first-order chi connectivity index (χ1) is 15.9. The van der Waals surface area contributed by atoms with E-state index in [1.165, 1.54) is 26.4 Å². The molecule has 0 aliphatic rings. The molecule has 4 aromatic rings. The predicted octanol–water partition coefficient (Wildman–Crippen LogP) is 6.26. The zero-order valence-corrected chi connectivity index (χ0v) is 19.1. The molecule has 1 aromatic heterocycles. The van der Waals surface area contributed by atoms with Gasteiger partial charge in [0.05, 0.1) is 30.5 Å². The highest BCUT2D eigenvalue weighted by Gasteiger charge is 2.24. The second kappa shape index (κ2) is 9.44. The Morgan fingerprint density at radius 3 is 2.42 bits per heavy atom. The van der Waals surface area contributed by atoms with Gasteiger partial charge in [-0.2, -0.15) is 0 Å². The molecule has 9 heteroatoms. The SMILES string of the molecule is COc1ccc(OC)c(NC(=O)c2oc3ccccc3c2NC(=O)c2cc(Cl)ccc2Cl)c1. The van der Waals surface area contributed by atoms with Gasteiger partial charge in [0.25, 0.3) is 11.8 Å². The van der Waals surface area contributed by atoms with Gasteiger partial charge in [-0.05, 0) is 42.5 Å². The molecular formula is C24H18Cl2N2O5. The van der Waals surface area contributed by atoms with E-state index in [0.29, 0.717) is 33.2 Å². The van der Waals surface area contributed by atoms with Crippen molar-refractivity contribution in [1.82, 2.24) is 0 Å². The van der Waals surface area contributed by atoms with Crippen LogP contribution in [-0.2, 0) is 0 Å². The molecule has 2 N–H and O–H groups in total. The van der Waals surface area contributed by atoms with Crippen molar-refractivity contribution in [2.45, 2.75) is 0 Å². The number of furan rings is 1. The average Bonchev–Trinajstić information content (AvgIpc) is 3.19. The molecule has 168 valence electrons. The number of para-hydroxylation sites is 1. The lowest BCUT2D eigenvalue weighted by Crippen LogP contribution is -2.17. The van der Waals surface area contributed by atoms with Crippen LogP contribution in [-0.4, -0.2) is 26.0 Å². The Morgan fingerprint density at radius 2 is 1.67 bits per heavy atom. The van der Waals surface area contributed by atoms with Crippen LogP contribution in [0, 0.1) is 0 Å². The molecule has 0 unspecified atom stereocenters. The minimum Gasteiger partial charge on any atom is -0.497 e. The number of amides is 2. The fourth-order valence-electron chi connectivity index (χ4n) is 3.27. The highest BCUT2D eigenvalue weighted by Crippen LogP contribution is 2.34. The summed E-state index contributed by atoms with van der Waals surface area (Å²) in [7, 11) is 3.00. The van der Waals surface area contributed by atoms with Crippen LogP contribution in [0.5, 0.6) is 11.5 Å². The van der Waals surface area contributed by atoms with Crippen LogP contribution in [0.4, 0.5) is 11.4 Å². The summed E-state index contributed by atoms with van der Waals surface area (Å²) in [6.45, 7) is 0. The molecule has 3 aromatic carbocycles. The number of ether oxygens (including phenoxy) is 2. The number of hydrogen-bond acceptors (Lipinski definition) is 5. The molecule has 7 nitrogen and oxygen atoms in total. The van der Waals surface area contributed by atoms with Crippen LogP contribution >= 0.6 is 23.2 Å². The van der Waals surface area contributed by atoms with Gasteiger partial charge in [0.2, 0.25) is 5.76 Å². The topological polar surface area (TPSA) is 89.8 Å². The van der Waals surface area contributed by atoms with Gasteiger partial charge >= 0.3 is 0 Å². The van der Waals surface area contributed by atoms with Crippen molar-refractivity contribution < 1.29 is 23.5 Å². The monoisotopic (exact) mass is 484 g/mol. The normalized spacial score (nSPS) is 10.7. The van der Waals surface area contributed by atoms with Crippen LogP contribution in [0.1, 0.15) is 20.9 Å². The van der Waals surface area contributed by atoms with E-state index in [9.17, 15) is 9.59 Å². The first-order valence-electron chi connectivity index (χ1n) is 9.72. The van der Waals surface area contributed by atoms with Crippen LogP contribution in [0.2, 0.25) is 10.0 Å². The number of halogens is 2. The lowest BCUT2D eigenvalue weighted by molar-refractivity contribution is 0.0999. The number of hydrogen-bond donors (Lipinski definition) is 2. The summed E-state index contributed by atoms with van der Waals surface area (Å²) in [4.78, 5) is 26.2. The molecule has 0 fully saturated rings. The zero-order chi connectivity index (χ0) is 23.5. The lowest BCUT2D eigenvalue weighted by atomic mass is 10.1. The molecule has 4 rings (SSSR count). The standard InChI is InChI=1S/C24H18Cl2N2O5/c1-31-14-8-10-20(32-2)18(12-14)27-24(30)22-21(15-5-3-4-6-19(15)33-22)28-23(29)16-11-13(25)7-9-17(16)26/h3-12H,1-2H3,(H,27,30)(H,28,29). The Labute approximate surface area is 199 Å². The van der Waals surface area contributed by atoms with E-state index >= 15 is 0 Å². The van der Waals surface area contributed by atoms with E-state index in [0.717, 1.165) is 0 Å². The number of rotatable bonds is 6. The predicted molar refractivity (Wildman–Crippen MR) is 128 cm³/mol. The number of anilines is 2. The molecule has 0 atom stereocenters. The smallest absolute Gasteiger partial charge is 0.293 e. The van der Waals surface area contributed by atoms with Gasteiger partial charge in [-0.15, -0.1) is 0 Å². The molecule has 0 saturated heterocycles. The van der Waals surface area contributed by atoms with E-state index in [-0.39, 0.29) is 22.0 Å². The van der Waals surface area contributed by atoms with Crippen molar-refractivity contribution in [3.8, 4) is 11.5 Å². The summed E-state index contributed by atoms with van der Waals surface area (Å²) in [5, 5.41) is 6.61. The maximum atomic E-state index is 13.2. The van der Waals surface area contributed by atoms with Gasteiger partial charge in [-0.25, -0.2) is 0 Å². The Hall–Kier alpha value is -3.68. The van der Waals surface area contributed by atoms with Gasteiger partial charge in [-0.3, -0.25) is 9.59 Å². The fraction of sp³-hybridized carbons (Fsp3) is 0.0833. The second-order valence-electron chi connectivity index (χ2n) is 6.90. The minimum absolute atomic E-state index is 0.0902. The summed E-state index contributed by atoms with van der Waals surface area (Å²) in [6, 6.07) is 16.5. The Kier molecular flexibility index (Phi) is 6.44. The second-order valence-corrected chi connectivity index (χ2v) is 7.74. The number of benzene rings is 3. The molecule has 2 amide bonds. The zero-order valence-electron chi connectivity index (χ0n) is 17.6. The summed E-state index contributed by atoms with van der Waals surface area (Å²) in [5.74, 6) is -0.267. The minimum atomic E-state index is -0.592. The van der Waals surface area contributed by atoms with E-state index < -0.39 is 11.8 Å². The maximum Gasteiger partial charge on any atom is 0.293 e. The fourth-order valence-corrected chi connectivity index (χ4v) is 3.65. The number of carbonyl (C=O) groups is 2. The first kappa shape index (κ1) is 22.5. The third kappa shape index (κ3) is 4.60. The molecule has 0 saturated carbocycles. The summed E-state index contributed by atoms with van der Waals surface area (Å²) in [5.41, 5.74) is 1.16.